The van der Waals surface area contributed by atoms with Crippen LogP contribution in [0.1, 0.15) is 5.56 Å². The molecule has 3 nitrogen and oxygen atoms in total. The molecule has 0 radical (unpaired) electrons. The molecule has 3 rings (SSSR count). The number of aliphatic hydroxyl groups excluding tert-OH is 1. The molecule has 0 unspecified atom stereocenters. The zero-order valence-electron chi connectivity index (χ0n) is 9.63. The van der Waals surface area contributed by atoms with Crippen molar-refractivity contribution in [2.75, 3.05) is 0 Å². The monoisotopic (exact) mass is 256 g/mol. The second-order valence-corrected chi connectivity index (χ2v) is 5.03. The second kappa shape index (κ2) is 4.84. The van der Waals surface area contributed by atoms with Crippen LogP contribution >= 0.6 is 11.8 Å². The number of aliphatic hydroxyl groups is 1. The van der Waals surface area contributed by atoms with E-state index >= 15 is 0 Å². The van der Waals surface area contributed by atoms with Gasteiger partial charge >= 0.3 is 0 Å². The van der Waals surface area contributed by atoms with Crippen molar-refractivity contribution < 1.29 is 5.11 Å². The van der Waals surface area contributed by atoms with Crippen LogP contribution in [0.5, 0.6) is 0 Å². The van der Waals surface area contributed by atoms with Crippen molar-refractivity contribution in [2.24, 2.45) is 0 Å². The minimum Gasteiger partial charge on any atom is -0.392 e. The molecular weight excluding hydrogens is 244 g/mol. The van der Waals surface area contributed by atoms with Gasteiger partial charge in [0.25, 0.3) is 0 Å². The van der Waals surface area contributed by atoms with Crippen LogP contribution in [0.25, 0.3) is 11.0 Å². The molecule has 0 aliphatic heterocycles. The largest absolute Gasteiger partial charge is 0.392 e. The summed E-state index contributed by atoms with van der Waals surface area (Å²) in [6.45, 7) is 0.0790. The van der Waals surface area contributed by atoms with Crippen LogP contribution in [0, 0.1) is 0 Å². The lowest BCUT2D eigenvalue weighted by molar-refractivity contribution is 0.282. The summed E-state index contributed by atoms with van der Waals surface area (Å²) in [5.74, 6) is 0. The van der Waals surface area contributed by atoms with E-state index in [1.165, 1.54) is 0 Å². The molecule has 0 saturated heterocycles. The molecular formula is C14H12N2OS. The Kier molecular flexibility index (Phi) is 3.04. The van der Waals surface area contributed by atoms with Gasteiger partial charge in [0.05, 0.1) is 17.6 Å². The molecule has 0 aliphatic rings. The first kappa shape index (κ1) is 11.3. The van der Waals surface area contributed by atoms with Gasteiger partial charge in [0.1, 0.15) is 0 Å². The maximum atomic E-state index is 8.99. The standard InChI is InChI=1S/C14H12N2OS/c17-9-10-5-7-11(8-6-10)18-14-15-12-3-1-2-4-13(12)16-14/h1-8,17H,9H2,(H,15,16). The first-order valence-corrected chi connectivity index (χ1v) is 6.49. The summed E-state index contributed by atoms with van der Waals surface area (Å²) in [6, 6.07) is 15.8. The summed E-state index contributed by atoms with van der Waals surface area (Å²) < 4.78 is 0. The van der Waals surface area contributed by atoms with Gasteiger partial charge in [-0.2, -0.15) is 0 Å². The fraction of sp³-hybridized carbons (Fsp3) is 0.0714. The van der Waals surface area contributed by atoms with Gasteiger partial charge in [-0.1, -0.05) is 36.0 Å². The van der Waals surface area contributed by atoms with E-state index in [-0.39, 0.29) is 6.61 Å². The number of nitrogens with one attached hydrogen (secondary N) is 1. The molecule has 0 fully saturated rings. The summed E-state index contributed by atoms with van der Waals surface area (Å²) in [5, 5.41) is 9.87. The molecule has 0 bridgehead atoms. The number of hydrogen-bond acceptors (Lipinski definition) is 3. The van der Waals surface area contributed by atoms with Crippen LogP contribution in [0.3, 0.4) is 0 Å². The molecule has 2 aromatic carbocycles. The van der Waals surface area contributed by atoms with E-state index in [0.29, 0.717) is 0 Å². The number of nitrogens with zero attached hydrogens (tertiary/aromatic N) is 1. The molecule has 1 heterocycles. The number of para-hydroxylation sites is 2. The second-order valence-electron chi connectivity index (χ2n) is 3.96. The van der Waals surface area contributed by atoms with Gasteiger partial charge in [-0.3, -0.25) is 0 Å². The van der Waals surface area contributed by atoms with Gasteiger partial charge < -0.3 is 10.1 Å². The topological polar surface area (TPSA) is 48.9 Å². The Morgan fingerprint density at radius 2 is 1.83 bits per heavy atom. The van der Waals surface area contributed by atoms with Crippen molar-refractivity contribution in [3.8, 4) is 0 Å². The molecule has 2 N–H and O–H groups in total. The highest BCUT2D eigenvalue weighted by atomic mass is 32.2. The van der Waals surface area contributed by atoms with Gasteiger partial charge in [-0.25, -0.2) is 4.98 Å². The Balaban J connectivity index is 1.86. The van der Waals surface area contributed by atoms with E-state index in [4.69, 9.17) is 5.11 Å². The fourth-order valence-corrected chi connectivity index (χ4v) is 2.55. The molecule has 18 heavy (non-hydrogen) atoms. The van der Waals surface area contributed by atoms with Gasteiger partial charge in [0.15, 0.2) is 5.16 Å². The summed E-state index contributed by atoms with van der Waals surface area (Å²) >= 11 is 1.58. The van der Waals surface area contributed by atoms with Crippen molar-refractivity contribution in [1.29, 1.82) is 0 Å². The van der Waals surface area contributed by atoms with Gasteiger partial charge in [-0.05, 0) is 29.8 Å². The predicted octanol–water partition coefficient (Wildman–Crippen LogP) is 3.21. The van der Waals surface area contributed by atoms with Crippen LogP contribution in [-0.4, -0.2) is 15.1 Å². The summed E-state index contributed by atoms with van der Waals surface area (Å²) in [6.07, 6.45) is 0. The predicted molar refractivity (Wildman–Crippen MR) is 72.6 cm³/mol. The number of imidazole rings is 1. The van der Waals surface area contributed by atoms with Gasteiger partial charge in [0.2, 0.25) is 0 Å². The van der Waals surface area contributed by atoms with E-state index in [1.54, 1.807) is 11.8 Å². The van der Waals surface area contributed by atoms with Crippen LogP contribution in [0.15, 0.2) is 58.6 Å². The zero-order valence-corrected chi connectivity index (χ0v) is 10.4. The Morgan fingerprint density at radius 3 is 2.56 bits per heavy atom. The van der Waals surface area contributed by atoms with Crippen LogP contribution < -0.4 is 0 Å². The third-order valence-corrected chi connectivity index (χ3v) is 3.58. The van der Waals surface area contributed by atoms with Crippen LogP contribution in [0.2, 0.25) is 0 Å². The number of aromatic nitrogens is 2. The number of rotatable bonds is 3. The van der Waals surface area contributed by atoms with Gasteiger partial charge in [-0.15, -0.1) is 0 Å². The quantitative estimate of drug-likeness (QED) is 0.756. The van der Waals surface area contributed by atoms with Crippen molar-refractivity contribution in [2.45, 2.75) is 16.7 Å². The molecule has 0 atom stereocenters. The maximum Gasteiger partial charge on any atom is 0.171 e. The third kappa shape index (κ3) is 2.25. The van der Waals surface area contributed by atoms with Gasteiger partial charge in [0, 0.05) is 4.90 Å². The Morgan fingerprint density at radius 1 is 1.06 bits per heavy atom. The molecule has 0 amide bonds. The SMILES string of the molecule is OCc1ccc(Sc2nc3ccccc3[nH]2)cc1. The number of hydrogen-bond donors (Lipinski definition) is 2. The molecule has 0 saturated carbocycles. The van der Waals surface area contributed by atoms with Crippen LogP contribution in [-0.2, 0) is 6.61 Å². The number of fused-ring (bicyclic) bond motifs is 1. The maximum absolute atomic E-state index is 8.99. The normalized spacial score (nSPS) is 10.9. The Hall–Kier alpha value is -1.78. The lowest BCUT2D eigenvalue weighted by Crippen LogP contribution is -1.82. The van der Waals surface area contributed by atoms with E-state index in [0.717, 1.165) is 26.6 Å². The third-order valence-electron chi connectivity index (χ3n) is 2.69. The highest BCUT2D eigenvalue weighted by molar-refractivity contribution is 7.99. The minimum absolute atomic E-state index is 0.0790. The van der Waals surface area contributed by atoms with Crippen molar-refractivity contribution in [3.63, 3.8) is 0 Å². The molecule has 90 valence electrons. The average molecular weight is 256 g/mol. The summed E-state index contributed by atoms with van der Waals surface area (Å²) in [7, 11) is 0. The molecule has 4 heteroatoms. The number of aromatic amines is 1. The molecule has 1 aromatic heterocycles. The zero-order chi connectivity index (χ0) is 12.4. The van der Waals surface area contributed by atoms with Crippen LogP contribution in [0.4, 0.5) is 0 Å². The summed E-state index contributed by atoms with van der Waals surface area (Å²) in [4.78, 5) is 8.89. The first-order chi connectivity index (χ1) is 8.85. The molecule has 0 aliphatic carbocycles. The lowest BCUT2D eigenvalue weighted by atomic mass is 10.2. The van der Waals surface area contributed by atoms with E-state index < -0.39 is 0 Å². The Labute approximate surface area is 109 Å². The highest BCUT2D eigenvalue weighted by Crippen LogP contribution is 2.27. The number of H-pyrrole nitrogens is 1. The highest BCUT2D eigenvalue weighted by Gasteiger charge is 2.03. The minimum atomic E-state index is 0.0790. The molecule has 0 spiro atoms. The van der Waals surface area contributed by atoms with Crippen molar-refractivity contribution in [3.05, 3.63) is 54.1 Å². The van der Waals surface area contributed by atoms with Crippen molar-refractivity contribution in [1.82, 2.24) is 9.97 Å². The fourth-order valence-electron chi connectivity index (χ4n) is 1.75. The summed E-state index contributed by atoms with van der Waals surface area (Å²) in [5.41, 5.74) is 2.95. The van der Waals surface area contributed by atoms with E-state index in [1.807, 2.05) is 48.5 Å². The number of benzene rings is 2. The Bertz CT molecular complexity index is 628. The van der Waals surface area contributed by atoms with E-state index in [2.05, 4.69) is 9.97 Å². The lowest BCUT2D eigenvalue weighted by Gasteiger charge is -1.99. The van der Waals surface area contributed by atoms with Crippen molar-refractivity contribution >= 4 is 22.8 Å². The smallest absolute Gasteiger partial charge is 0.171 e. The first-order valence-electron chi connectivity index (χ1n) is 5.67. The average Bonchev–Trinajstić information content (AvgIpc) is 2.82. The molecule has 3 aromatic rings. The van der Waals surface area contributed by atoms with E-state index in [9.17, 15) is 0 Å².